The standard InChI is InChI=1S/C10H17NO3/c1-6(2)7-8(12)13-9(11-7)14-10(3,4)5/h6-7H,1-5H3/t7-/m0/s1. The Balaban J connectivity index is 2.67. The van der Waals surface area contributed by atoms with Gasteiger partial charge in [0.2, 0.25) is 0 Å². The minimum absolute atomic E-state index is 0.0983. The van der Waals surface area contributed by atoms with Gasteiger partial charge in [-0.15, -0.1) is 0 Å². The maximum Gasteiger partial charge on any atom is 0.392 e. The molecule has 0 aromatic rings. The molecule has 0 spiro atoms. The molecule has 1 heterocycles. The summed E-state index contributed by atoms with van der Waals surface area (Å²) in [5.74, 6) is -0.178. The number of hydrogen-bond donors (Lipinski definition) is 0. The van der Waals surface area contributed by atoms with Crippen molar-refractivity contribution in [3.8, 4) is 0 Å². The van der Waals surface area contributed by atoms with Crippen LogP contribution in [0.2, 0.25) is 0 Å². The molecule has 4 heteroatoms. The molecule has 1 rings (SSSR count). The van der Waals surface area contributed by atoms with Crippen molar-refractivity contribution in [3.63, 3.8) is 0 Å². The quantitative estimate of drug-likeness (QED) is 0.604. The highest BCUT2D eigenvalue weighted by Crippen LogP contribution is 2.18. The first-order chi connectivity index (χ1) is 6.29. The molecule has 0 N–H and O–H groups in total. The third-order valence-electron chi connectivity index (χ3n) is 1.70. The Bertz CT molecular complexity index is 263. The highest BCUT2D eigenvalue weighted by Gasteiger charge is 2.34. The van der Waals surface area contributed by atoms with Crippen LogP contribution in [0.15, 0.2) is 4.99 Å². The summed E-state index contributed by atoms with van der Waals surface area (Å²) < 4.78 is 10.3. The Kier molecular flexibility index (Phi) is 2.83. The lowest BCUT2D eigenvalue weighted by atomic mass is 10.1. The molecule has 80 valence electrons. The van der Waals surface area contributed by atoms with Crippen molar-refractivity contribution in [1.82, 2.24) is 0 Å². The van der Waals surface area contributed by atoms with E-state index in [4.69, 9.17) is 9.47 Å². The molecule has 1 aliphatic heterocycles. The van der Waals surface area contributed by atoms with Gasteiger partial charge >= 0.3 is 12.1 Å². The van der Waals surface area contributed by atoms with E-state index in [9.17, 15) is 4.79 Å². The zero-order valence-electron chi connectivity index (χ0n) is 9.33. The fourth-order valence-electron chi connectivity index (χ4n) is 1.07. The monoisotopic (exact) mass is 199 g/mol. The lowest BCUT2D eigenvalue weighted by Gasteiger charge is -2.18. The van der Waals surface area contributed by atoms with Gasteiger partial charge in [0, 0.05) is 0 Å². The predicted molar refractivity (Wildman–Crippen MR) is 53.0 cm³/mol. The van der Waals surface area contributed by atoms with E-state index >= 15 is 0 Å². The van der Waals surface area contributed by atoms with Crippen LogP contribution in [0.4, 0.5) is 0 Å². The third-order valence-corrected chi connectivity index (χ3v) is 1.70. The summed E-state index contributed by atoms with van der Waals surface area (Å²) in [6, 6.07) is -0.410. The molecule has 14 heavy (non-hydrogen) atoms. The molecule has 1 aliphatic rings. The molecule has 0 fully saturated rings. The van der Waals surface area contributed by atoms with Gasteiger partial charge in [0.25, 0.3) is 0 Å². The lowest BCUT2D eigenvalue weighted by Crippen LogP contribution is -2.25. The smallest absolute Gasteiger partial charge is 0.392 e. The first-order valence-corrected chi connectivity index (χ1v) is 4.78. The Morgan fingerprint density at radius 3 is 2.36 bits per heavy atom. The first kappa shape index (κ1) is 11.0. The second kappa shape index (κ2) is 3.59. The number of rotatable bonds is 1. The van der Waals surface area contributed by atoms with Crippen LogP contribution in [0.3, 0.4) is 0 Å². The van der Waals surface area contributed by atoms with Crippen LogP contribution in [0.1, 0.15) is 34.6 Å². The number of cyclic esters (lactones) is 1. The van der Waals surface area contributed by atoms with Gasteiger partial charge in [-0.25, -0.2) is 9.79 Å². The molecule has 0 radical (unpaired) electrons. The SMILES string of the molecule is CC(C)[C@@H]1N=C(OC(C)(C)C)OC1=O. The van der Waals surface area contributed by atoms with E-state index < -0.39 is 6.04 Å². The topological polar surface area (TPSA) is 47.9 Å². The summed E-state index contributed by atoms with van der Waals surface area (Å²) in [6.07, 6.45) is 0.0983. The predicted octanol–water partition coefficient (Wildman–Crippen LogP) is 1.74. The fraction of sp³-hybridized carbons (Fsp3) is 0.800. The summed E-state index contributed by atoms with van der Waals surface area (Å²) in [5.41, 5.74) is -0.384. The number of nitrogens with zero attached hydrogens (tertiary/aromatic N) is 1. The Morgan fingerprint density at radius 2 is 2.00 bits per heavy atom. The van der Waals surface area contributed by atoms with E-state index in [1.165, 1.54) is 0 Å². The van der Waals surface area contributed by atoms with E-state index in [0.717, 1.165) is 0 Å². The maximum absolute atomic E-state index is 11.3. The highest BCUT2D eigenvalue weighted by atomic mass is 16.7. The van der Waals surface area contributed by atoms with Crippen molar-refractivity contribution < 1.29 is 14.3 Å². The summed E-state index contributed by atoms with van der Waals surface area (Å²) in [7, 11) is 0. The van der Waals surface area contributed by atoms with Gasteiger partial charge in [-0.2, -0.15) is 0 Å². The average Bonchev–Trinajstić information content (AvgIpc) is 2.26. The van der Waals surface area contributed by atoms with E-state index in [1.807, 2.05) is 34.6 Å². The molecule has 0 amide bonds. The largest absolute Gasteiger partial charge is 0.445 e. The molecular weight excluding hydrogens is 182 g/mol. The van der Waals surface area contributed by atoms with Crippen molar-refractivity contribution in [2.45, 2.75) is 46.3 Å². The number of carbonyl (C=O) groups is 1. The van der Waals surface area contributed by atoms with Crippen molar-refractivity contribution in [1.29, 1.82) is 0 Å². The molecule has 0 saturated heterocycles. The van der Waals surface area contributed by atoms with Gasteiger partial charge in [0.1, 0.15) is 5.60 Å². The number of hydrogen-bond acceptors (Lipinski definition) is 4. The van der Waals surface area contributed by atoms with Gasteiger partial charge in [0.15, 0.2) is 6.04 Å². The molecule has 1 atom stereocenters. The molecule has 0 aromatic heterocycles. The Labute approximate surface area is 84.3 Å². The first-order valence-electron chi connectivity index (χ1n) is 4.78. The second-order valence-corrected chi connectivity index (χ2v) is 4.72. The van der Waals surface area contributed by atoms with Gasteiger partial charge < -0.3 is 9.47 Å². The number of aliphatic imine (C=N–C) groups is 1. The van der Waals surface area contributed by atoms with Crippen LogP contribution in [0.25, 0.3) is 0 Å². The maximum atomic E-state index is 11.3. The van der Waals surface area contributed by atoms with Crippen LogP contribution in [0.5, 0.6) is 0 Å². The van der Waals surface area contributed by atoms with Crippen molar-refractivity contribution in [2.75, 3.05) is 0 Å². The molecule has 4 nitrogen and oxygen atoms in total. The summed E-state index contributed by atoms with van der Waals surface area (Å²) in [5, 5.41) is 0. The summed E-state index contributed by atoms with van der Waals surface area (Å²) >= 11 is 0. The highest BCUT2D eigenvalue weighted by molar-refractivity contribution is 5.93. The summed E-state index contributed by atoms with van der Waals surface area (Å²) in [4.78, 5) is 15.4. The van der Waals surface area contributed by atoms with Crippen LogP contribution >= 0.6 is 0 Å². The minimum atomic E-state index is -0.410. The molecular formula is C10H17NO3. The summed E-state index contributed by atoms with van der Waals surface area (Å²) in [6.45, 7) is 9.50. The fourth-order valence-corrected chi connectivity index (χ4v) is 1.07. The van der Waals surface area contributed by atoms with E-state index in [-0.39, 0.29) is 23.6 Å². The number of esters is 1. The Morgan fingerprint density at radius 1 is 1.43 bits per heavy atom. The van der Waals surface area contributed by atoms with Crippen LogP contribution in [-0.4, -0.2) is 23.7 Å². The van der Waals surface area contributed by atoms with Crippen LogP contribution in [0, 0.1) is 5.92 Å². The normalized spacial score (nSPS) is 22.3. The lowest BCUT2D eigenvalue weighted by molar-refractivity contribution is -0.137. The molecule has 0 bridgehead atoms. The van der Waals surface area contributed by atoms with E-state index in [1.54, 1.807) is 0 Å². The minimum Gasteiger partial charge on any atom is -0.445 e. The van der Waals surface area contributed by atoms with Crippen molar-refractivity contribution in [2.24, 2.45) is 10.9 Å². The number of carbonyl (C=O) groups excluding carboxylic acids is 1. The van der Waals surface area contributed by atoms with E-state index in [0.29, 0.717) is 0 Å². The van der Waals surface area contributed by atoms with Crippen LogP contribution in [-0.2, 0) is 14.3 Å². The molecule has 0 saturated carbocycles. The van der Waals surface area contributed by atoms with E-state index in [2.05, 4.69) is 4.99 Å². The average molecular weight is 199 g/mol. The zero-order valence-corrected chi connectivity index (χ0v) is 9.33. The van der Waals surface area contributed by atoms with Crippen molar-refractivity contribution in [3.05, 3.63) is 0 Å². The number of ether oxygens (including phenoxy) is 2. The molecule has 0 aliphatic carbocycles. The molecule has 0 aromatic carbocycles. The van der Waals surface area contributed by atoms with Crippen molar-refractivity contribution >= 4 is 12.1 Å². The van der Waals surface area contributed by atoms with Gasteiger partial charge in [-0.05, 0) is 26.7 Å². The molecule has 0 unspecified atom stereocenters. The van der Waals surface area contributed by atoms with Crippen LogP contribution < -0.4 is 0 Å². The second-order valence-electron chi connectivity index (χ2n) is 4.72. The zero-order chi connectivity index (χ0) is 10.9. The van der Waals surface area contributed by atoms with Gasteiger partial charge in [-0.3, -0.25) is 0 Å². The van der Waals surface area contributed by atoms with Gasteiger partial charge in [0.05, 0.1) is 0 Å². The Hall–Kier alpha value is -1.06. The third kappa shape index (κ3) is 2.72. The van der Waals surface area contributed by atoms with Gasteiger partial charge in [-0.1, -0.05) is 13.8 Å².